The second-order valence-corrected chi connectivity index (χ2v) is 7.92. The van der Waals surface area contributed by atoms with Gasteiger partial charge in [0.2, 0.25) is 0 Å². The fourth-order valence-electron chi connectivity index (χ4n) is 4.10. The number of hydrogen-bond donors (Lipinski definition) is 0. The third kappa shape index (κ3) is 4.20. The average molecular weight is 461 g/mol. The fraction of sp³-hybridized carbons (Fsp3) is 0.200. The first kappa shape index (κ1) is 21.6. The number of esters is 2. The highest BCUT2D eigenvalue weighted by Gasteiger charge is 2.28. The third-order valence-electron chi connectivity index (χ3n) is 5.73. The first-order chi connectivity index (χ1) is 16.5. The van der Waals surface area contributed by atoms with Crippen LogP contribution in [0.15, 0.2) is 60.7 Å². The number of nitrogens with zero attached hydrogens (tertiary/aromatic N) is 1. The molecular formula is C25H19NO8. The smallest absolute Gasteiger partial charge is 0.339 e. The van der Waals surface area contributed by atoms with Gasteiger partial charge < -0.3 is 18.9 Å². The summed E-state index contributed by atoms with van der Waals surface area (Å²) in [6.07, 6.45) is -0.0125. The Labute approximate surface area is 194 Å². The molecule has 0 radical (unpaired) electrons. The highest BCUT2D eigenvalue weighted by Crippen LogP contribution is 2.34. The molecule has 9 nitrogen and oxygen atoms in total. The molecule has 9 heteroatoms. The maximum Gasteiger partial charge on any atom is 0.339 e. The van der Waals surface area contributed by atoms with Gasteiger partial charge in [0.15, 0.2) is 6.79 Å². The zero-order chi connectivity index (χ0) is 23.7. The minimum atomic E-state index is -0.620. The molecule has 0 bridgehead atoms. The Kier molecular flexibility index (Phi) is 5.69. The number of carbonyl (C=O) groups excluding carboxylic acids is 2. The zero-order valence-electron chi connectivity index (χ0n) is 17.9. The van der Waals surface area contributed by atoms with E-state index < -0.39 is 23.0 Å². The molecule has 3 aromatic rings. The summed E-state index contributed by atoms with van der Waals surface area (Å²) in [4.78, 5) is 36.0. The summed E-state index contributed by atoms with van der Waals surface area (Å²) in [5, 5.41) is 11.3. The monoisotopic (exact) mass is 461 g/mol. The second kappa shape index (κ2) is 8.95. The molecule has 2 aliphatic heterocycles. The number of rotatable bonds is 5. The van der Waals surface area contributed by atoms with Crippen molar-refractivity contribution >= 4 is 17.6 Å². The molecule has 172 valence electrons. The lowest BCUT2D eigenvalue weighted by Gasteiger charge is -2.25. The van der Waals surface area contributed by atoms with Gasteiger partial charge in [0.05, 0.1) is 22.7 Å². The quantitative estimate of drug-likeness (QED) is 0.314. The lowest BCUT2D eigenvalue weighted by Crippen LogP contribution is -2.22. The van der Waals surface area contributed by atoms with Gasteiger partial charge in [-0.1, -0.05) is 30.3 Å². The van der Waals surface area contributed by atoms with E-state index in [1.54, 1.807) is 12.1 Å². The average Bonchev–Trinajstić information content (AvgIpc) is 2.87. The van der Waals surface area contributed by atoms with Crippen molar-refractivity contribution < 1.29 is 33.5 Å². The molecule has 0 spiro atoms. The predicted octanol–water partition coefficient (Wildman–Crippen LogP) is 4.27. The number of carbonyl (C=O) groups is 2. The largest absolute Gasteiger partial charge is 0.467 e. The van der Waals surface area contributed by atoms with Gasteiger partial charge in [-0.3, -0.25) is 10.1 Å². The van der Waals surface area contributed by atoms with Gasteiger partial charge in [0.1, 0.15) is 18.5 Å². The van der Waals surface area contributed by atoms with Crippen LogP contribution < -0.4 is 4.74 Å². The SMILES string of the molecule is O=C(OCc1cc([N+](=O)[O-])cc2c1OCOC2)c1ccc2c(c1)CC(c1ccccc1)OC2=O. The Morgan fingerprint density at radius 1 is 1.09 bits per heavy atom. The number of non-ortho nitro benzene ring substituents is 1. The van der Waals surface area contributed by atoms with Crippen molar-refractivity contribution in [3.63, 3.8) is 0 Å². The van der Waals surface area contributed by atoms with Gasteiger partial charge in [-0.2, -0.15) is 0 Å². The normalized spacial score (nSPS) is 16.5. The molecule has 0 saturated carbocycles. The van der Waals surface area contributed by atoms with E-state index >= 15 is 0 Å². The van der Waals surface area contributed by atoms with Crippen molar-refractivity contribution in [2.75, 3.05) is 6.79 Å². The minimum absolute atomic E-state index is 0.00919. The number of nitro groups is 1. The highest BCUT2D eigenvalue weighted by molar-refractivity contribution is 5.95. The Morgan fingerprint density at radius 3 is 2.71 bits per heavy atom. The summed E-state index contributed by atoms with van der Waals surface area (Å²) >= 11 is 0. The van der Waals surface area contributed by atoms with Crippen LogP contribution in [0.3, 0.4) is 0 Å². The summed E-state index contributed by atoms with van der Waals surface area (Å²) in [7, 11) is 0. The van der Waals surface area contributed by atoms with Crippen molar-refractivity contribution in [3.05, 3.63) is 104 Å². The highest BCUT2D eigenvalue weighted by atomic mass is 16.7. The van der Waals surface area contributed by atoms with Crippen molar-refractivity contribution in [3.8, 4) is 5.75 Å². The van der Waals surface area contributed by atoms with Crippen molar-refractivity contribution in [2.24, 2.45) is 0 Å². The van der Waals surface area contributed by atoms with E-state index in [1.807, 2.05) is 30.3 Å². The van der Waals surface area contributed by atoms with Crippen molar-refractivity contribution in [1.82, 2.24) is 0 Å². The Hall–Kier alpha value is -4.24. The summed E-state index contributed by atoms with van der Waals surface area (Å²) in [5.41, 5.74) is 2.99. The Morgan fingerprint density at radius 2 is 1.91 bits per heavy atom. The summed E-state index contributed by atoms with van der Waals surface area (Å²) in [6.45, 7) is -0.0364. The van der Waals surface area contributed by atoms with Crippen LogP contribution in [-0.2, 0) is 33.8 Å². The molecule has 0 aromatic heterocycles. The summed E-state index contributed by atoms with van der Waals surface area (Å²) < 4.78 is 21.7. The molecule has 0 fully saturated rings. The minimum Gasteiger partial charge on any atom is -0.467 e. The van der Waals surface area contributed by atoms with E-state index in [4.69, 9.17) is 18.9 Å². The number of cyclic esters (lactones) is 1. The van der Waals surface area contributed by atoms with Crippen LogP contribution in [-0.4, -0.2) is 23.7 Å². The van der Waals surface area contributed by atoms with Gasteiger partial charge in [-0.25, -0.2) is 9.59 Å². The molecule has 2 aliphatic rings. The number of fused-ring (bicyclic) bond motifs is 2. The van der Waals surface area contributed by atoms with E-state index in [0.717, 1.165) is 5.56 Å². The van der Waals surface area contributed by atoms with E-state index in [-0.39, 0.29) is 31.3 Å². The lowest BCUT2D eigenvalue weighted by molar-refractivity contribution is -0.385. The second-order valence-electron chi connectivity index (χ2n) is 7.92. The molecule has 1 unspecified atom stereocenters. The number of hydrogen-bond acceptors (Lipinski definition) is 8. The topological polar surface area (TPSA) is 114 Å². The molecule has 1 atom stereocenters. The van der Waals surface area contributed by atoms with E-state index in [1.165, 1.54) is 18.2 Å². The standard InChI is InChI=1S/C25H19NO8/c27-24(32-13-19-10-20(26(29)30)9-18-12-31-14-33-23(18)19)16-6-7-21-17(8-16)11-22(34-25(21)28)15-4-2-1-3-5-15/h1-10,22H,11-14H2. The summed E-state index contributed by atoms with van der Waals surface area (Å²) in [5.74, 6) is -0.647. The molecular weight excluding hydrogens is 442 g/mol. The molecule has 34 heavy (non-hydrogen) atoms. The zero-order valence-corrected chi connectivity index (χ0v) is 17.9. The molecule has 3 aromatic carbocycles. The van der Waals surface area contributed by atoms with Crippen LogP contribution in [0, 0.1) is 10.1 Å². The van der Waals surface area contributed by atoms with Crippen molar-refractivity contribution in [1.29, 1.82) is 0 Å². The molecule has 0 aliphatic carbocycles. The third-order valence-corrected chi connectivity index (χ3v) is 5.73. The predicted molar refractivity (Wildman–Crippen MR) is 117 cm³/mol. The maximum absolute atomic E-state index is 12.8. The molecule has 0 N–H and O–H groups in total. The molecule has 5 rings (SSSR count). The van der Waals surface area contributed by atoms with Gasteiger partial charge >= 0.3 is 11.9 Å². The summed E-state index contributed by atoms with van der Waals surface area (Å²) in [6, 6.07) is 16.8. The Bertz CT molecular complexity index is 1290. The van der Waals surface area contributed by atoms with Crippen LogP contribution in [0.25, 0.3) is 0 Å². The van der Waals surface area contributed by atoms with Gasteiger partial charge in [0.25, 0.3) is 5.69 Å². The van der Waals surface area contributed by atoms with Crippen LogP contribution in [0.1, 0.15) is 49.1 Å². The maximum atomic E-state index is 12.8. The molecule has 0 amide bonds. The number of nitro benzene ring substituents is 1. The fourth-order valence-corrected chi connectivity index (χ4v) is 4.10. The van der Waals surface area contributed by atoms with Gasteiger partial charge in [0, 0.05) is 29.7 Å². The molecule has 0 saturated heterocycles. The van der Waals surface area contributed by atoms with Crippen LogP contribution in [0.5, 0.6) is 5.75 Å². The number of benzene rings is 3. The van der Waals surface area contributed by atoms with Crippen LogP contribution >= 0.6 is 0 Å². The van der Waals surface area contributed by atoms with Gasteiger partial charge in [-0.15, -0.1) is 0 Å². The first-order valence-corrected chi connectivity index (χ1v) is 10.6. The van der Waals surface area contributed by atoms with E-state index in [0.29, 0.717) is 34.4 Å². The van der Waals surface area contributed by atoms with Crippen molar-refractivity contribution in [2.45, 2.75) is 25.7 Å². The Balaban J connectivity index is 1.35. The van der Waals surface area contributed by atoms with E-state index in [9.17, 15) is 19.7 Å². The molecule has 2 heterocycles. The first-order valence-electron chi connectivity index (χ1n) is 10.6. The van der Waals surface area contributed by atoms with Gasteiger partial charge in [-0.05, 0) is 29.3 Å². The van der Waals surface area contributed by atoms with E-state index in [2.05, 4.69) is 0 Å². The van der Waals surface area contributed by atoms with Crippen LogP contribution in [0.2, 0.25) is 0 Å². The van der Waals surface area contributed by atoms with Crippen LogP contribution in [0.4, 0.5) is 5.69 Å². The number of ether oxygens (including phenoxy) is 4. The lowest BCUT2D eigenvalue weighted by atomic mass is 9.93.